The molecule has 0 bridgehead atoms. The number of hydrogen-bond acceptors (Lipinski definition) is 18. The molecule has 1 aromatic rings. The lowest BCUT2D eigenvalue weighted by Crippen LogP contribution is -2.48. The minimum atomic E-state index is -1.09. The van der Waals surface area contributed by atoms with Gasteiger partial charge < -0.3 is 88.3 Å². The van der Waals surface area contributed by atoms with Gasteiger partial charge in [-0.15, -0.1) is 0 Å². The molecule has 0 aromatic heterocycles. The Morgan fingerprint density at radius 1 is 0.425 bits per heavy atom. The van der Waals surface area contributed by atoms with Crippen LogP contribution in [-0.4, -0.2) is 217 Å². The summed E-state index contributed by atoms with van der Waals surface area (Å²) < 4.78 is 66.2. The minimum absolute atomic E-state index is 0.0489. The number of alkyl carbamates (subject to hydrolysis) is 1. The second-order valence-corrected chi connectivity index (χ2v) is 20.9. The van der Waals surface area contributed by atoms with Gasteiger partial charge in [0, 0.05) is 33.0 Å². The van der Waals surface area contributed by atoms with Crippen LogP contribution >= 0.6 is 0 Å². The van der Waals surface area contributed by atoms with Crippen molar-refractivity contribution in [3.05, 3.63) is 35.9 Å². The number of unbranched alkanes of at least 4 members (excludes halogenated alkanes) is 14. The predicted molar refractivity (Wildman–Crippen MR) is 328 cm³/mol. The average molecular weight is 1250 g/mol. The summed E-state index contributed by atoms with van der Waals surface area (Å²) in [7, 11) is 1.50. The number of amides is 4. The summed E-state index contributed by atoms with van der Waals surface area (Å²) in [6, 6.07) is 8.19. The van der Waals surface area contributed by atoms with Gasteiger partial charge >= 0.3 is 18.0 Å². The zero-order valence-electron chi connectivity index (χ0n) is 52.9. The first-order valence-electron chi connectivity index (χ1n) is 32.1. The van der Waals surface area contributed by atoms with Crippen molar-refractivity contribution in [3.63, 3.8) is 0 Å². The van der Waals surface area contributed by atoms with Crippen molar-refractivity contribution in [3.8, 4) is 0 Å². The summed E-state index contributed by atoms with van der Waals surface area (Å²) >= 11 is 0. The number of carbonyl (C=O) groups excluding carboxylic acids is 4. The number of nitrogens with one attached hydrogen (secondary N) is 4. The van der Waals surface area contributed by atoms with Gasteiger partial charge in [0.25, 0.3) is 0 Å². The first-order chi connectivity index (χ1) is 42.6. The van der Waals surface area contributed by atoms with E-state index in [1.165, 1.54) is 39.2 Å². The van der Waals surface area contributed by atoms with E-state index in [2.05, 4.69) is 28.2 Å². The van der Waals surface area contributed by atoms with Crippen LogP contribution < -0.4 is 21.3 Å². The summed E-state index contributed by atoms with van der Waals surface area (Å²) in [5.74, 6) is -4.27. The average Bonchev–Trinajstić information content (AvgIpc) is 3.70. The number of carbonyl (C=O) groups is 6. The van der Waals surface area contributed by atoms with Crippen molar-refractivity contribution in [1.82, 2.24) is 21.3 Å². The predicted octanol–water partition coefficient (Wildman–Crippen LogP) is 7.06. The van der Waals surface area contributed by atoms with Gasteiger partial charge in [0.15, 0.2) is 0 Å². The molecule has 2 unspecified atom stereocenters. The fourth-order valence-corrected chi connectivity index (χ4v) is 8.89. The van der Waals surface area contributed by atoms with Gasteiger partial charge in [-0.1, -0.05) is 134 Å². The Kier molecular flexibility index (Phi) is 57.0. The quantitative estimate of drug-likeness (QED) is 0.0281. The third-order valence-corrected chi connectivity index (χ3v) is 13.7. The van der Waals surface area contributed by atoms with Crippen LogP contribution in [0.1, 0.15) is 147 Å². The van der Waals surface area contributed by atoms with Gasteiger partial charge in [0.05, 0.1) is 145 Å². The molecule has 24 nitrogen and oxygen atoms in total. The lowest BCUT2D eigenvalue weighted by molar-refractivity contribution is -0.150. The van der Waals surface area contributed by atoms with Crippen LogP contribution in [0, 0.1) is 11.8 Å². The highest BCUT2D eigenvalue weighted by atomic mass is 16.6. The number of carboxylic acids is 2. The number of rotatable bonds is 66. The second-order valence-electron chi connectivity index (χ2n) is 20.9. The van der Waals surface area contributed by atoms with Crippen molar-refractivity contribution < 1.29 is 95.8 Å². The molecule has 0 aliphatic carbocycles. The molecule has 3 atom stereocenters. The van der Waals surface area contributed by atoms with Crippen molar-refractivity contribution in [2.24, 2.45) is 11.8 Å². The zero-order chi connectivity index (χ0) is 63.1. The van der Waals surface area contributed by atoms with Gasteiger partial charge in [-0.2, -0.15) is 0 Å². The lowest BCUT2D eigenvalue weighted by atomic mass is 9.82. The Balaban J connectivity index is 1.94. The van der Waals surface area contributed by atoms with Crippen LogP contribution in [0.5, 0.6) is 0 Å². The van der Waals surface area contributed by atoms with E-state index in [1.54, 1.807) is 0 Å². The van der Waals surface area contributed by atoms with E-state index in [4.69, 9.17) is 61.9 Å². The van der Waals surface area contributed by atoms with Crippen LogP contribution in [0.25, 0.3) is 0 Å². The summed E-state index contributed by atoms with van der Waals surface area (Å²) in [4.78, 5) is 73.3. The highest BCUT2D eigenvalue weighted by molar-refractivity contribution is 5.97. The smallest absolute Gasteiger partial charge is 0.408 e. The molecule has 0 fully saturated rings. The summed E-state index contributed by atoms with van der Waals surface area (Å²) in [5.41, 5.74) is 0.804. The fraction of sp³-hybridized carbons (Fsp3) is 0.810. The van der Waals surface area contributed by atoms with Gasteiger partial charge in [0.2, 0.25) is 17.7 Å². The Bertz CT molecular complexity index is 1790. The minimum Gasteiger partial charge on any atom is -0.481 e. The Hall–Kier alpha value is -4.60. The Labute approximate surface area is 518 Å². The standard InChI is InChI=1S/C63H112N4O20/c1-3-4-5-6-7-10-13-19-24-55(25-20-14-11-8-9-12-15-21-26-58(69)70)59(62(73)74)61(72)66-30-32-77-34-36-79-38-40-81-42-44-83-46-48-85-50-52-86-51-49-84-47-45-82-43-41-80-39-37-78-35-33-76-31-29-65-60(71)56(27-28-57(68)64-2)67-63(75)87-53-54-22-17-16-18-23-54/h16-18,22-23,55-56,59H,3-15,19-21,24-53H2,1-2H3,(H,64,68)(H,65,71)(H,66,72)(H,67,75)(H,69,70)(H,73,74)/t55?,56-,59?/m0/s1. The van der Waals surface area contributed by atoms with Crippen LogP contribution in [0.4, 0.5) is 4.79 Å². The molecule has 0 aliphatic heterocycles. The Morgan fingerprint density at radius 3 is 1.15 bits per heavy atom. The number of ether oxygens (including phenoxy) is 12. The molecule has 0 saturated carbocycles. The molecular weight excluding hydrogens is 1130 g/mol. The van der Waals surface area contributed by atoms with Gasteiger partial charge in [0.1, 0.15) is 18.6 Å². The van der Waals surface area contributed by atoms with E-state index in [-0.39, 0.29) is 64.0 Å². The number of benzene rings is 1. The fourth-order valence-electron chi connectivity index (χ4n) is 8.89. The molecule has 1 aromatic carbocycles. The Morgan fingerprint density at radius 2 is 0.782 bits per heavy atom. The second kappa shape index (κ2) is 61.6. The summed E-state index contributed by atoms with van der Waals surface area (Å²) in [6.45, 7) is 11.3. The maximum atomic E-state index is 13.2. The molecule has 1 rings (SSSR count). The molecule has 87 heavy (non-hydrogen) atoms. The zero-order valence-corrected chi connectivity index (χ0v) is 52.9. The maximum absolute atomic E-state index is 13.2. The van der Waals surface area contributed by atoms with Crippen molar-refractivity contribution >= 4 is 35.8 Å². The van der Waals surface area contributed by atoms with Crippen LogP contribution in [0.15, 0.2) is 30.3 Å². The van der Waals surface area contributed by atoms with Crippen molar-refractivity contribution in [1.29, 1.82) is 0 Å². The normalized spacial score (nSPS) is 12.3. The van der Waals surface area contributed by atoms with E-state index < -0.39 is 41.8 Å². The van der Waals surface area contributed by atoms with Gasteiger partial charge in [-0.3, -0.25) is 24.0 Å². The van der Waals surface area contributed by atoms with Gasteiger partial charge in [-0.05, 0) is 37.2 Å². The van der Waals surface area contributed by atoms with E-state index >= 15 is 0 Å². The van der Waals surface area contributed by atoms with E-state index in [0.717, 1.165) is 82.6 Å². The van der Waals surface area contributed by atoms with Crippen LogP contribution in [0.2, 0.25) is 0 Å². The molecule has 0 aliphatic rings. The highest BCUT2D eigenvalue weighted by Gasteiger charge is 2.34. The topological polar surface area (TPSA) is 302 Å². The van der Waals surface area contributed by atoms with Gasteiger partial charge in [-0.25, -0.2) is 4.79 Å². The summed E-state index contributed by atoms with van der Waals surface area (Å²) in [6.07, 6.45) is 18.1. The molecule has 0 radical (unpaired) electrons. The van der Waals surface area contributed by atoms with Crippen LogP contribution in [0.3, 0.4) is 0 Å². The third-order valence-electron chi connectivity index (χ3n) is 13.7. The summed E-state index contributed by atoms with van der Waals surface area (Å²) in [5, 5.41) is 29.6. The molecule has 0 spiro atoms. The monoisotopic (exact) mass is 1240 g/mol. The third kappa shape index (κ3) is 53.0. The van der Waals surface area contributed by atoms with E-state index in [9.17, 15) is 33.9 Å². The van der Waals surface area contributed by atoms with E-state index in [1.807, 2.05) is 30.3 Å². The van der Waals surface area contributed by atoms with Crippen LogP contribution in [-0.2, 0) is 87.4 Å². The number of hydrogen-bond donors (Lipinski definition) is 6. The molecule has 504 valence electrons. The molecule has 6 N–H and O–H groups in total. The molecule has 0 heterocycles. The first-order valence-corrected chi connectivity index (χ1v) is 32.1. The number of carboxylic acid groups (broad SMARTS) is 2. The van der Waals surface area contributed by atoms with Crippen molar-refractivity contribution in [2.45, 2.75) is 154 Å². The van der Waals surface area contributed by atoms with Crippen molar-refractivity contribution in [2.75, 3.05) is 165 Å². The molecule has 4 amide bonds. The maximum Gasteiger partial charge on any atom is 0.408 e. The van der Waals surface area contributed by atoms with E-state index in [0.29, 0.717) is 139 Å². The lowest BCUT2D eigenvalue weighted by Gasteiger charge is -2.24. The highest BCUT2D eigenvalue weighted by Crippen LogP contribution is 2.27. The molecule has 0 saturated heterocycles. The number of aliphatic carboxylic acids is 2. The molecule has 24 heteroatoms. The molecular formula is C63H112N4O20. The largest absolute Gasteiger partial charge is 0.481 e. The SMILES string of the molecule is CCCCCCCCCCC(CCCCCCCCCCC(=O)O)C(C(=O)O)C(=O)NCCOCCOCCOCCOCCOCCOCCOCCOCCOCCOCCOCCNC(=O)[C@H](CCC(=O)NC)NC(=O)OCc1ccccc1. The first kappa shape index (κ1) is 80.4.